The van der Waals surface area contributed by atoms with Crippen molar-refractivity contribution < 1.29 is 27.2 Å². The number of rotatable bonds is 4. The second-order valence-electron chi connectivity index (χ2n) is 7.23. The highest BCUT2D eigenvalue weighted by molar-refractivity contribution is 7.17. The van der Waals surface area contributed by atoms with Gasteiger partial charge in [0.25, 0.3) is 11.8 Å². The highest BCUT2D eigenvalue weighted by atomic mass is 32.1. The number of hydrogen-bond donors (Lipinski definition) is 2. The molecule has 4 aromatic rings. The summed E-state index contributed by atoms with van der Waals surface area (Å²) in [6, 6.07) is 14.9. The van der Waals surface area contributed by atoms with Crippen LogP contribution in [0.1, 0.15) is 31.3 Å². The number of halogens is 4. The van der Waals surface area contributed by atoms with Gasteiger partial charge in [0.1, 0.15) is 5.82 Å². The molecule has 174 valence electrons. The molecule has 0 fully saturated rings. The first-order chi connectivity index (χ1) is 16.1. The SMILES string of the molecule is Cc1ccc(-n2ncc(C(=O)NNC(=O)c3ccc(-c4ccc(F)cc4)s3)c2C(F)(F)F)cc1. The summed E-state index contributed by atoms with van der Waals surface area (Å²) >= 11 is 1.08. The fourth-order valence-electron chi connectivity index (χ4n) is 3.14. The van der Waals surface area contributed by atoms with Crippen LogP contribution in [0, 0.1) is 12.7 Å². The van der Waals surface area contributed by atoms with E-state index in [4.69, 9.17) is 0 Å². The second-order valence-corrected chi connectivity index (χ2v) is 8.31. The summed E-state index contributed by atoms with van der Waals surface area (Å²) < 4.78 is 55.0. The Morgan fingerprint density at radius 3 is 2.21 bits per heavy atom. The van der Waals surface area contributed by atoms with Crippen LogP contribution in [0.5, 0.6) is 0 Å². The minimum absolute atomic E-state index is 0.132. The molecule has 2 aromatic carbocycles. The van der Waals surface area contributed by atoms with E-state index in [9.17, 15) is 27.2 Å². The van der Waals surface area contributed by atoms with Crippen LogP contribution >= 0.6 is 11.3 Å². The average molecular weight is 488 g/mol. The van der Waals surface area contributed by atoms with Gasteiger partial charge in [-0.3, -0.25) is 20.4 Å². The van der Waals surface area contributed by atoms with E-state index < -0.39 is 35.1 Å². The molecular formula is C23H16F4N4O2S. The molecule has 0 aliphatic heterocycles. The number of nitrogens with one attached hydrogen (secondary N) is 2. The van der Waals surface area contributed by atoms with Crippen molar-refractivity contribution >= 4 is 23.2 Å². The van der Waals surface area contributed by atoms with Crippen LogP contribution in [0.15, 0.2) is 66.9 Å². The highest BCUT2D eigenvalue weighted by Crippen LogP contribution is 2.34. The zero-order valence-corrected chi connectivity index (χ0v) is 18.3. The first kappa shape index (κ1) is 23.2. The van der Waals surface area contributed by atoms with E-state index in [2.05, 4.69) is 10.5 Å². The van der Waals surface area contributed by atoms with Crippen LogP contribution < -0.4 is 10.9 Å². The van der Waals surface area contributed by atoms with Gasteiger partial charge in [-0.15, -0.1) is 11.3 Å². The van der Waals surface area contributed by atoms with Gasteiger partial charge in [-0.25, -0.2) is 9.07 Å². The van der Waals surface area contributed by atoms with Crippen LogP contribution in [0.4, 0.5) is 17.6 Å². The number of benzene rings is 2. The molecule has 0 unspecified atom stereocenters. The number of aryl methyl sites for hydroxylation is 1. The normalized spacial score (nSPS) is 11.3. The van der Waals surface area contributed by atoms with E-state index in [1.807, 2.05) is 5.43 Å². The maximum atomic E-state index is 13.8. The van der Waals surface area contributed by atoms with Crippen LogP contribution in [0.3, 0.4) is 0 Å². The minimum Gasteiger partial charge on any atom is -0.267 e. The molecule has 11 heteroatoms. The highest BCUT2D eigenvalue weighted by Gasteiger charge is 2.40. The largest absolute Gasteiger partial charge is 0.434 e. The number of carbonyl (C=O) groups is 2. The van der Waals surface area contributed by atoms with Crippen LogP contribution in [0.25, 0.3) is 16.1 Å². The fourth-order valence-corrected chi connectivity index (χ4v) is 4.05. The van der Waals surface area contributed by atoms with E-state index in [-0.39, 0.29) is 10.6 Å². The molecule has 0 spiro atoms. The Hall–Kier alpha value is -3.99. The van der Waals surface area contributed by atoms with Crippen molar-refractivity contribution in [1.29, 1.82) is 0 Å². The van der Waals surface area contributed by atoms with Gasteiger partial charge in [-0.1, -0.05) is 29.8 Å². The second kappa shape index (κ2) is 9.10. The number of amides is 2. The molecule has 2 N–H and O–H groups in total. The molecule has 0 radical (unpaired) electrons. The molecule has 6 nitrogen and oxygen atoms in total. The molecule has 0 bridgehead atoms. The van der Waals surface area contributed by atoms with E-state index >= 15 is 0 Å². The third-order valence-electron chi connectivity index (χ3n) is 4.81. The first-order valence-corrected chi connectivity index (χ1v) is 10.6. The average Bonchev–Trinajstić information content (AvgIpc) is 3.46. The molecule has 0 saturated carbocycles. The van der Waals surface area contributed by atoms with Gasteiger partial charge in [0.15, 0.2) is 5.69 Å². The first-order valence-electron chi connectivity index (χ1n) is 9.82. The Balaban J connectivity index is 1.50. The summed E-state index contributed by atoms with van der Waals surface area (Å²) in [6.45, 7) is 1.79. The lowest BCUT2D eigenvalue weighted by atomic mass is 10.2. The van der Waals surface area contributed by atoms with Crippen molar-refractivity contribution in [2.45, 2.75) is 13.1 Å². The molecule has 0 saturated heterocycles. The van der Waals surface area contributed by atoms with Gasteiger partial charge >= 0.3 is 6.18 Å². The zero-order chi connectivity index (χ0) is 24.5. The van der Waals surface area contributed by atoms with E-state index in [1.165, 1.54) is 30.3 Å². The van der Waals surface area contributed by atoms with Crippen molar-refractivity contribution in [1.82, 2.24) is 20.6 Å². The number of carbonyl (C=O) groups excluding carboxylic acids is 2. The lowest BCUT2D eigenvalue weighted by Crippen LogP contribution is -2.42. The Kier molecular flexibility index (Phi) is 6.20. The summed E-state index contributed by atoms with van der Waals surface area (Å²) in [5.74, 6) is -2.29. The predicted molar refractivity (Wildman–Crippen MR) is 118 cm³/mol. The molecule has 2 heterocycles. The molecule has 2 aromatic heterocycles. The summed E-state index contributed by atoms with van der Waals surface area (Å²) in [5.41, 5.74) is 3.78. The number of nitrogens with zero attached hydrogens (tertiary/aromatic N) is 2. The van der Waals surface area contributed by atoms with Crippen molar-refractivity contribution in [3.05, 3.63) is 94.4 Å². The predicted octanol–water partition coefficient (Wildman–Crippen LogP) is 5.14. The third kappa shape index (κ3) is 4.84. The van der Waals surface area contributed by atoms with Crippen LogP contribution in [-0.4, -0.2) is 21.6 Å². The van der Waals surface area contributed by atoms with Crippen molar-refractivity contribution in [3.63, 3.8) is 0 Å². The smallest absolute Gasteiger partial charge is 0.267 e. The molecule has 0 aliphatic rings. The van der Waals surface area contributed by atoms with Crippen LogP contribution in [0.2, 0.25) is 0 Å². The monoisotopic (exact) mass is 488 g/mol. The molecule has 0 aliphatic carbocycles. The number of hydrogen-bond acceptors (Lipinski definition) is 4. The quantitative estimate of drug-likeness (QED) is 0.309. The summed E-state index contributed by atoms with van der Waals surface area (Å²) in [6.07, 6.45) is -4.09. The van der Waals surface area contributed by atoms with E-state index in [0.29, 0.717) is 15.1 Å². The Morgan fingerprint density at radius 1 is 0.912 bits per heavy atom. The lowest BCUT2D eigenvalue weighted by molar-refractivity contribution is -0.143. The zero-order valence-electron chi connectivity index (χ0n) is 17.5. The number of thiophene rings is 1. The van der Waals surface area contributed by atoms with Gasteiger partial charge in [0.05, 0.1) is 22.3 Å². The van der Waals surface area contributed by atoms with Crippen molar-refractivity contribution in [2.24, 2.45) is 0 Å². The van der Waals surface area contributed by atoms with E-state index in [1.54, 1.807) is 37.3 Å². The maximum Gasteiger partial charge on any atom is 0.434 e. The van der Waals surface area contributed by atoms with Gasteiger partial charge in [0, 0.05) is 4.88 Å². The van der Waals surface area contributed by atoms with Gasteiger partial charge in [0.2, 0.25) is 0 Å². The summed E-state index contributed by atoms with van der Waals surface area (Å²) in [5, 5.41) is 3.73. The molecular weight excluding hydrogens is 472 g/mol. The van der Waals surface area contributed by atoms with Gasteiger partial charge < -0.3 is 0 Å². The molecule has 4 rings (SSSR count). The Morgan fingerprint density at radius 2 is 1.56 bits per heavy atom. The van der Waals surface area contributed by atoms with E-state index in [0.717, 1.165) is 23.1 Å². The van der Waals surface area contributed by atoms with Crippen molar-refractivity contribution in [3.8, 4) is 16.1 Å². The number of alkyl halides is 3. The molecule has 2 amide bonds. The molecule has 34 heavy (non-hydrogen) atoms. The topological polar surface area (TPSA) is 76.0 Å². The van der Waals surface area contributed by atoms with Crippen LogP contribution in [-0.2, 0) is 6.18 Å². The Bertz CT molecular complexity index is 1340. The minimum atomic E-state index is -4.88. The molecule has 0 atom stereocenters. The third-order valence-corrected chi connectivity index (χ3v) is 5.94. The van der Waals surface area contributed by atoms with Crippen molar-refractivity contribution in [2.75, 3.05) is 0 Å². The lowest BCUT2D eigenvalue weighted by Gasteiger charge is -2.13. The number of hydrazine groups is 1. The maximum absolute atomic E-state index is 13.8. The standard InChI is InChI=1S/C23H16F4N4O2S/c1-13-2-8-16(9-3-13)31-20(23(25,26)27)17(12-28-31)21(32)29-30-22(33)19-11-10-18(34-19)14-4-6-15(24)7-5-14/h2-12H,1H3,(H,29,32)(H,30,33). The summed E-state index contributed by atoms with van der Waals surface area (Å²) in [7, 11) is 0. The number of aromatic nitrogens is 2. The van der Waals surface area contributed by atoms with Gasteiger partial charge in [-0.2, -0.15) is 18.3 Å². The summed E-state index contributed by atoms with van der Waals surface area (Å²) in [4.78, 5) is 25.8. The fraction of sp³-hybridized carbons (Fsp3) is 0.0870. The van der Waals surface area contributed by atoms with Gasteiger partial charge in [-0.05, 0) is 48.9 Å². The Labute approximate surface area is 194 Å².